The highest BCUT2D eigenvalue weighted by Gasteiger charge is 2.23. The van der Waals surface area contributed by atoms with Crippen LogP contribution >= 0.6 is 0 Å². The lowest BCUT2D eigenvalue weighted by atomic mass is 9.95. The van der Waals surface area contributed by atoms with Crippen LogP contribution in [0.15, 0.2) is 209 Å². The van der Waals surface area contributed by atoms with E-state index in [2.05, 4.69) is 181 Å². The van der Waals surface area contributed by atoms with Crippen LogP contribution in [-0.2, 0) is 0 Å². The van der Waals surface area contributed by atoms with Crippen molar-refractivity contribution in [2.45, 2.75) is 0 Å². The number of hydrogen-bond acceptors (Lipinski definition) is 3. The highest BCUT2D eigenvalue weighted by Crippen LogP contribution is 2.47. The van der Waals surface area contributed by atoms with Gasteiger partial charge in [-0.3, -0.25) is 0 Å². The van der Waals surface area contributed by atoms with Crippen LogP contribution in [0, 0.1) is 0 Å². The fourth-order valence-corrected chi connectivity index (χ4v) is 8.24. The van der Waals surface area contributed by atoms with Gasteiger partial charge in [-0.2, -0.15) is 0 Å². The van der Waals surface area contributed by atoms with Gasteiger partial charge in [0.1, 0.15) is 22.3 Å². The summed E-state index contributed by atoms with van der Waals surface area (Å²) in [4.78, 5) is 2.41. The zero-order valence-electron chi connectivity index (χ0n) is 29.8. The predicted octanol–water partition coefficient (Wildman–Crippen LogP) is 15.1. The molecule has 0 aliphatic rings. The Bertz CT molecular complexity index is 3210. The second-order valence-electron chi connectivity index (χ2n) is 14.1. The van der Waals surface area contributed by atoms with Crippen molar-refractivity contribution in [1.82, 2.24) is 0 Å². The molecule has 0 radical (unpaired) electrons. The van der Waals surface area contributed by atoms with E-state index in [0.29, 0.717) is 0 Å². The molecule has 0 fully saturated rings. The third-order valence-electron chi connectivity index (χ3n) is 10.9. The summed E-state index contributed by atoms with van der Waals surface area (Å²) in [5.74, 6) is 0. The van der Waals surface area contributed by atoms with Crippen LogP contribution in [0.25, 0.3) is 88.0 Å². The standard InChI is InChI=1S/C52H33NO2/c1-2-13-35(14-3-1)41-31-28-39(38-25-24-34-12-4-5-15-37(34)32-38)33-47(41)53(46-20-11-23-50-51(46)45-17-7-9-22-49(45)54-50)40-29-26-36(27-30-40)42-18-10-19-44-43-16-6-8-21-48(43)55-52(42)44/h1-33H. The number of para-hydroxylation sites is 3. The Kier molecular flexibility index (Phi) is 7.17. The van der Waals surface area contributed by atoms with E-state index in [1.54, 1.807) is 0 Å². The van der Waals surface area contributed by atoms with Crippen LogP contribution in [0.4, 0.5) is 17.1 Å². The molecule has 0 aliphatic heterocycles. The van der Waals surface area contributed by atoms with Gasteiger partial charge in [-0.25, -0.2) is 0 Å². The first kappa shape index (κ1) is 31.2. The average molecular weight is 704 g/mol. The Hall–Kier alpha value is -7.36. The van der Waals surface area contributed by atoms with Gasteiger partial charge in [0.05, 0.1) is 16.8 Å². The molecular formula is C52H33NO2. The monoisotopic (exact) mass is 703 g/mol. The van der Waals surface area contributed by atoms with Crippen LogP contribution in [0.3, 0.4) is 0 Å². The molecule has 0 unspecified atom stereocenters. The first-order valence-electron chi connectivity index (χ1n) is 18.7. The molecule has 0 bridgehead atoms. The largest absolute Gasteiger partial charge is 0.456 e. The lowest BCUT2D eigenvalue weighted by Crippen LogP contribution is -2.12. The normalized spacial score (nSPS) is 11.6. The smallest absolute Gasteiger partial charge is 0.143 e. The molecule has 9 aromatic carbocycles. The number of rotatable bonds is 6. The number of benzene rings is 9. The van der Waals surface area contributed by atoms with Crippen LogP contribution in [0.5, 0.6) is 0 Å². The predicted molar refractivity (Wildman–Crippen MR) is 229 cm³/mol. The Morgan fingerprint density at radius 1 is 0.327 bits per heavy atom. The van der Waals surface area contributed by atoms with Crippen molar-refractivity contribution in [3.05, 3.63) is 200 Å². The minimum atomic E-state index is 0.851. The van der Waals surface area contributed by atoms with E-state index in [1.807, 2.05) is 24.3 Å². The maximum absolute atomic E-state index is 6.47. The number of fused-ring (bicyclic) bond motifs is 7. The first-order chi connectivity index (χ1) is 27.3. The summed E-state index contributed by atoms with van der Waals surface area (Å²) in [7, 11) is 0. The van der Waals surface area contributed by atoms with Crippen molar-refractivity contribution in [3.8, 4) is 33.4 Å². The molecule has 0 saturated carbocycles. The van der Waals surface area contributed by atoms with Crippen molar-refractivity contribution in [1.29, 1.82) is 0 Å². The van der Waals surface area contributed by atoms with Crippen molar-refractivity contribution in [3.63, 3.8) is 0 Å². The van der Waals surface area contributed by atoms with E-state index in [-0.39, 0.29) is 0 Å². The molecule has 2 aromatic heterocycles. The first-order valence-corrected chi connectivity index (χ1v) is 18.7. The molecule has 0 amide bonds. The Labute approximate surface area is 317 Å². The lowest BCUT2D eigenvalue weighted by molar-refractivity contribution is 0.669. The molecule has 11 rings (SSSR count). The maximum atomic E-state index is 6.47. The van der Waals surface area contributed by atoms with Gasteiger partial charge < -0.3 is 13.7 Å². The van der Waals surface area contributed by atoms with Crippen LogP contribution in [-0.4, -0.2) is 0 Å². The number of anilines is 3. The quantitative estimate of drug-likeness (QED) is 0.173. The van der Waals surface area contributed by atoms with Crippen molar-refractivity contribution in [2.75, 3.05) is 4.90 Å². The molecule has 3 heteroatoms. The zero-order chi connectivity index (χ0) is 36.3. The summed E-state index contributed by atoms with van der Waals surface area (Å²) >= 11 is 0. The summed E-state index contributed by atoms with van der Waals surface area (Å²) in [6.45, 7) is 0. The summed E-state index contributed by atoms with van der Waals surface area (Å²) < 4.78 is 12.9. The Balaban J connectivity index is 1.16. The molecule has 2 heterocycles. The molecule has 3 nitrogen and oxygen atoms in total. The molecule has 0 saturated heterocycles. The lowest BCUT2D eigenvalue weighted by Gasteiger charge is -2.29. The summed E-state index contributed by atoms with van der Waals surface area (Å²) in [6.07, 6.45) is 0. The minimum absolute atomic E-state index is 0.851. The molecule has 0 atom stereocenters. The van der Waals surface area contributed by atoms with Gasteiger partial charge in [0.25, 0.3) is 0 Å². The minimum Gasteiger partial charge on any atom is -0.456 e. The molecule has 55 heavy (non-hydrogen) atoms. The van der Waals surface area contributed by atoms with Crippen molar-refractivity contribution < 1.29 is 8.83 Å². The van der Waals surface area contributed by atoms with Gasteiger partial charge in [-0.15, -0.1) is 0 Å². The fourth-order valence-electron chi connectivity index (χ4n) is 8.24. The van der Waals surface area contributed by atoms with Gasteiger partial charge >= 0.3 is 0 Å². The third kappa shape index (κ3) is 5.20. The molecule has 258 valence electrons. The van der Waals surface area contributed by atoms with Crippen LogP contribution in [0.1, 0.15) is 0 Å². The Morgan fingerprint density at radius 2 is 0.945 bits per heavy atom. The van der Waals surface area contributed by atoms with E-state index in [4.69, 9.17) is 8.83 Å². The van der Waals surface area contributed by atoms with Gasteiger partial charge in [-0.1, -0.05) is 152 Å². The molecule has 0 N–H and O–H groups in total. The van der Waals surface area contributed by atoms with E-state index < -0.39 is 0 Å². The topological polar surface area (TPSA) is 29.5 Å². The summed E-state index contributed by atoms with van der Waals surface area (Å²) in [6, 6.07) is 71.1. The number of hydrogen-bond donors (Lipinski definition) is 0. The van der Waals surface area contributed by atoms with Crippen LogP contribution in [0.2, 0.25) is 0 Å². The van der Waals surface area contributed by atoms with E-state index in [1.165, 1.54) is 16.3 Å². The van der Waals surface area contributed by atoms with Crippen LogP contribution < -0.4 is 4.90 Å². The summed E-state index contributed by atoms with van der Waals surface area (Å²) in [5, 5.41) is 6.85. The highest BCUT2D eigenvalue weighted by molar-refractivity contribution is 6.14. The van der Waals surface area contributed by atoms with Gasteiger partial charge in [-0.05, 0) is 81.6 Å². The fraction of sp³-hybridized carbons (Fsp3) is 0. The second kappa shape index (κ2) is 12.6. The van der Waals surface area contributed by atoms with E-state index in [0.717, 1.165) is 88.8 Å². The van der Waals surface area contributed by atoms with Gasteiger partial charge in [0.2, 0.25) is 0 Å². The van der Waals surface area contributed by atoms with Gasteiger partial charge in [0, 0.05) is 33.0 Å². The van der Waals surface area contributed by atoms with Crippen molar-refractivity contribution >= 4 is 71.7 Å². The van der Waals surface area contributed by atoms with Gasteiger partial charge in [0.15, 0.2) is 0 Å². The molecule has 0 spiro atoms. The van der Waals surface area contributed by atoms with Crippen molar-refractivity contribution in [2.24, 2.45) is 0 Å². The number of nitrogens with zero attached hydrogens (tertiary/aromatic N) is 1. The Morgan fingerprint density at radius 3 is 1.80 bits per heavy atom. The van der Waals surface area contributed by atoms with E-state index >= 15 is 0 Å². The highest BCUT2D eigenvalue weighted by atomic mass is 16.3. The SMILES string of the molecule is c1ccc(-c2ccc(-c3ccc4ccccc4c3)cc2N(c2ccc(-c3cccc4c3oc3ccccc34)cc2)c2cccc3oc4ccccc4c23)cc1. The van der Waals surface area contributed by atoms with E-state index in [9.17, 15) is 0 Å². The maximum Gasteiger partial charge on any atom is 0.143 e. The second-order valence-corrected chi connectivity index (χ2v) is 14.1. The zero-order valence-corrected chi connectivity index (χ0v) is 29.8. The third-order valence-corrected chi connectivity index (χ3v) is 10.9. The molecule has 11 aromatic rings. The number of furan rings is 2. The molecule has 0 aliphatic carbocycles. The molecular weight excluding hydrogens is 671 g/mol. The average Bonchev–Trinajstić information content (AvgIpc) is 3.83. The summed E-state index contributed by atoms with van der Waals surface area (Å²) in [5.41, 5.74) is 13.4.